The Morgan fingerprint density at radius 2 is 1.62 bits per heavy atom. The zero-order valence-electron chi connectivity index (χ0n) is 9.43. The lowest BCUT2D eigenvalue weighted by molar-refractivity contribution is 0.813. The number of fused-ring (bicyclic) bond motifs is 1. The summed E-state index contributed by atoms with van der Waals surface area (Å²) in [6.45, 7) is 3.38. The van der Waals surface area contributed by atoms with E-state index in [9.17, 15) is 0 Å². The lowest BCUT2D eigenvalue weighted by atomic mass is 10.0. The van der Waals surface area contributed by atoms with E-state index in [-0.39, 0.29) is 0 Å². The van der Waals surface area contributed by atoms with Gasteiger partial charge in [0.25, 0.3) is 0 Å². The second-order valence-corrected chi connectivity index (χ2v) is 4.41. The lowest BCUT2D eigenvalue weighted by Crippen LogP contribution is -2.14. The Hall–Kier alpha value is -1.76. The standard InChI is InChI=1S/C15H15N/c1-12-11-16(13-7-3-2-4-8-13)15-10-6-5-9-14(12)15/h2-10,12H,11H2,1H3. The van der Waals surface area contributed by atoms with Crippen molar-refractivity contribution in [1.29, 1.82) is 0 Å². The quantitative estimate of drug-likeness (QED) is 0.687. The molecule has 0 aliphatic carbocycles. The van der Waals surface area contributed by atoms with Crippen LogP contribution in [0.25, 0.3) is 0 Å². The van der Waals surface area contributed by atoms with Crippen LogP contribution in [0, 0.1) is 0 Å². The van der Waals surface area contributed by atoms with E-state index in [2.05, 4.69) is 66.4 Å². The molecule has 1 heteroatoms. The first-order chi connectivity index (χ1) is 7.86. The number of anilines is 2. The fourth-order valence-corrected chi connectivity index (χ4v) is 2.47. The number of hydrogen-bond acceptors (Lipinski definition) is 1. The molecule has 3 rings (SSSR count). The molecule has 0 saturated carbocycles. The van der Waals surface area contributed by atoms with Gasteiger partial charge in [0, 0.05) is 23.8 Å². The molecular weight excluding hydrogens is 194 g/mol. The molecule has 16 heavy (non-hydrogen) atoms. The molecule has 1 aliphatic heterocycles. The fourth-order valence-electron chi connectivity index (χ4n) is 2.47. The third-order valence-electron chi connectivity index (χ3n) is 3.28. The number of hydrogen-bond donors (Lipinski definition) is 0. The Morgan fingerprint density at radius 3 is 2.44 bits per heavy atom. The summed E-state index contributed by atoms with van der Waals surface area (Å²) in [6.07, 6.45) is 0. The van der Waals surface area contributed by atoms with Gasteiger partial charge in [0.1, 0.15) is 0 Å². The van der Waals surface area contributed by atoms with Crippen molar-refractivity contribution in [3.63, 3.8) is 0 Å². The minimum atomic E-state index is 0.622. The first kappa shape index (κ1) is 9.46. The van der Waals surface area contributed by atoms with E-state index in [1.165, 1.54) is 16.9 Å². The minimum absolute atomic E-state index is 0.622. The fraction of sp³-hybridized carbons (Fsp3) is 0.200. The highest BCUT2D eigenvalue weighted by Crippen LogP contribution is 2.40. The highest BCUT2D eigenvalue weighted by Gasteiger charge is 2.25. The molecule has 0 aromatic heterocycles. The van der Waals surface area contributed by atoms with E-state index < -0.39 is 0 Å². The van der Waals surface area contributed by atoms with Crippen LogP contribution in [0.5, 0.6) is 0 Å². The smallest absolute Gasteiger partial charge is 0.0446 e. The predicted molar refractivity (Wildman–Crippen MR) is 68.3 cm³/mol. The van der Waals surface area contributed by atoms with Crippen molar-refractivity contribution in [2.24, 2.45) is 0 Å². The summed E-state index contributed by atoms with van der Waals surface area (Å²) in [4.78, 5) is 2.40. The van der Waals surface area contributed by atoms with Gasteiger partial charge in [-0.25, -0.2) is 0 Å². The SMILES string of the molecule is CC1CN(c2ccccc2)c2ccccc21. The number of benzene rings is 2. The molecular formula is C15H15N. The average Bonchev–Trinajstić information content (AvgIpc) is 2.69. The zero-order valence-corrected chi connectivity index (χ0v) is 9.43. The van der Waals surface area contributed by atoms with Crippen molar-refractivity contribution in [2.75, 3.05) is 11.4 Å². The summed E-state index contributed by atoms with van der Waals surface area (Å²) in [5, 5.41) is 0. The third kappa shape index (κ3) is 1.40. The van der Waals surface area contributed by atoms with Crippen LogP contribution in [0.3, 0.4) is 0 Å². The van der Waals surface area contributed by atoms with Gasteiger partial charge >= 0.3 is 0 Å². The van der Waals surface area contributed by atoms with Crippen molar-refractivity contribution in [1.82, 2.24) is 0 Å². The molecule has 0 radical (unpaired) electrons. The normalized spacial score (nSPS) is 18.6. The Labute approximate surface area is 96.3 Å². The van der Waals surface area contributed by atoms with E-state index >= 15 is 0 Å². The van der Waals surface area contributed by atoms with Gasteiger partial charge in [0.05, 0.1) is 0 Å². The Kier molecular flexibility index (Phi) is 2.17. The maximum atomic E-state index is 2.40. The van der Waals surface area contributed by atoms with Gasteiger partial charge in [-0.1, -0.05) is 43.3 Å². The predicted octanol–water partition coefficient (Wildman–Crippen LogP) is 3.94. The second-order valence-electron chi connectivity index (χ2n) is 4.41. The third-order valence-corrected chi connectivity index (χ3v) is 3.28. The molecule has 0 bridgehead atoms. The molecule has 1 aliphatic rings. The highest BCUT2D eigenvalue weighted by molar-refractivity contribution is 5.70. The average molecular weight is 209 g/mol. The van der Waals surface area contributed by atoms with Crippen molar-refractivity contribution < 1.29 is 0 Å². The van der Waals surface area contributed by atoms with Gasteiger partial charge in [0.15, 0.2) is 0 Å². The molecule has 1 atom stereocenters. The van der Waals surface area contributed by atoms with Crippen molar-refractivity contribution >= 4 is 11.4 Å². The largest absolute Gasteiger partial charge is 0.341 e. The molecule has 0 spiro atoms. The summed E-state index contributed by atoms with van der Waals surface area (Å²) >= 11 is 0. The van der Waals surface area contributed by atoms with Crippen LogP contribution < -0.4 is 4.90 Å². The monoisotopic (exact) mass is 209 g/mol. The van der Waals surface area contributed by atoms with Crippen LogP contribution >= 0.6 is 0 Å². The molecule has 1 nitrogen and oxygen atoms in total. The lowest BCUT2D eigenvalue weighted by Gasteiger charge is -2.19. The van der Waals surface area contributed by atoms with E-state index in [0.717, 1.165) is 6.54 Å². The maximum Gasteiger partial charge on any atom is 0.0446 e. The van der Waals surface area contributed by atoms with Gasteiger partial charge < -0.3 is 4.90 Å². The van der Waals surface area contributed by atoms with Crippen LogP contribution in [0.4, 0.5) is 11.4 Å². The molecule has 1 heterocycles. The van der Waals surface area contributed by atoms with Gasteiger partial charge in [-0.05, 0) is 23.8 Å². The number of nitrogens with zero attached hydrogens (tertiary/aromatic N) is 1. The van der Waals surface area contributed by atoms with Gasteiger partial charge in [-0.3, -0.25) is 0 Å². The molecule has 2 aromatic rings. The summed E-state index contributed by atoms with van der Waals surface area (Å²) < 4.78 is 0. The molecule has 0 saturated heterocycles. The second kappa shape index (κ2) is 3.67. The summed E-state index contributed by atoms with van der Waals surface area (Å²) in [5.74, 6) is 0.622. The Morgan fingerprint density at radius 1 is 0.938 bits per heavy atom. The van der Waals surface area contributed by atoms with Crippen LogP contribution in [0.15, 0.2) is 54.6 Å². The number of rotatable bonds is 1. The van der Waals surface area contributed by atoms with Gasteiger partial charge in [0.2, 0.25) is 0 Å². The molecule has 2 aromatic carbocycles. The Balaban J connectivity index is 2.07. The Bertz CT molecular complexity index is 490. The van der Waals surface area contributed by atoms with Crippen LogP contribution in [0.1, 0.15) is 18.4 Å². The van der Waals surface area contributed by atoms with Crippen LogP contribution in [-0.2, 0) is 0 Å². The van der Waals surface area contributed by atoms with Crippen LogP contribution in [0.2, 0.25) is 0 Å². The molecule has 0 amide bonds. The minimum Gasteiger partial charge on any atom is -0.341 e. The van der Waals surface area contributed by atoms with E-state index in [0.29, 0.717) is 5.92 Å². The van der Waals surface area contributed by atoms with Crippen LogP contribution in [-0.4, -0.2) is 6.54 Å². The van der Waals surface area contributed by atoms with Crippen molar-refractivity contribution in [3.05, 3.63) is 60.2 Å². The molecule has 1 unspecified atom stereocenters. The maximum absolute atomic E-state index is 2.40. The van der Waals surface area contributed by atoms with Crippen molar-refractivity contribution in [2.45, 2.75) is 12.8 Å². The summed E-state index contributed by atoms with van der Waals surface area (Å²) in [6, 6.07) is 19.3. The van der Waals surface area contributed by atoms with E-state index in [1.54, 1.807) is 0 Å². The van der Waals surface area contributed by atoms with Gasteiger partial charge in [-0.15, -0.1) is 0 Å². The molecule has 0 fully saturated rings. The first-order valence-electron chi connectivity index (χ1n) is 5.78. The summed E-state index contributed by atoms with van der Waals surface area (Å²) in [7, 11) is 0. The zero-order chi connectivity index (χ0) is 11.0. The van der Waals surface area contributed by atoms with Crippen molar-refractivity contribution in [3.8, 4) is 0 Å². The highest BCUT2D eigenvalue weighted by atomic mass is 15.2. The summed E-state index contributed by atoms with van der Waals surface area (Å²) in [5.41, 5.74) is 4.12. The van der Waals surface area contributed by atoms with Gasteiger partial charge in [-0.2, -0.15) is 0 Å². The van der Waals surface area contributed by atoms with E-state index in [1.807, 2.05) is 0 Å². The number of para-hydroxylation sites is 2. The molecule has 80 valence electrons. The molecule has 0 N–H and O–H groups in total. The first-order valence-corrected chi connectivity index (χ1v) is 5.78. The topological polar surface area (TPSA) is 3.24 Å². The van der Waals surface area contributed by atoms with E-state index in [4.69, 9.17) is 0 Å².